The van der Waals surface area contributed by atoms with Crippen LogP contribution in [-0.4, -0.2) is 44.0 Å². The number of amides is 1. The summed E-state index contributed by atoms with van der Waals surface area (Å²) in [5, 5.41) is 6.01. The number of carbonyl (C=O) groups is 1. The van der Waals surface area contributed by atoms with E-state index in [9.17, 15) is 13.6 Å². The van der Waals surface area contributed by atoms with Gasteiger partial charge in [0, 0.05) is 20.6 Å². The SMILES string of the molecule is C=CCNC(=NCC(=O)N(C)C)NC(C)c1ccc(F)c(F)c1.I. The van der Waals surface area contributed by atoms with E-state index >= 15 is 0 Å². The van der Waals surface area contributed by atoms with Crippen molar-refractivity contribution in [1.29, 1.82) is 0 Å². The van der Waals surface area contributed by atoms with Crippen LogP contribution < -0.4 is 10.6 Å². The fraction of sp³-hybridized carbons (Fsp3) is 0.375. The maximum Gasteiger partial charge on any atom is 0.243 e. The van der Waals surface area contributed by atoms with Crippen molar-refractivity contribution in [3.05, 3.63) is 48.1 Å². The third-order valence-electron chi connectivity index (χ3n) is 3.08. The minimum atomic E-state index is -0.906. The summed E-state index contributed by atoms with van der Waals surface area (Å²) in [6.07, 6.45) is 1.65. The fourth-order valence-corrected chi connectivity index (χ4v) is 1.68. The molecule has 2 N–H and O–H groups in total. The molecule has 8 heteroatoms. The quantitative estimate of drug-likeness (QED) is 0.302. The number of aliphatic imine (C=N–C) groups is 1. The maximum absolute atomic E-state index is 13.3. The predicted molar refractivity (Wildman–Crippen MR) is 103 cm³/mol. The molecule has 0 saturated carbocycles. The van der Waals surface area contributed by atoms with Gasteiger partial charge in [-0.15, -0.1) is 30.6 Å². The summed E-state index contributed by atoms with van der Waals surface area (Å²) in [6, 6.07) is 3.37. The summed E-state index contributed by atoms with van der Waals surface area (Å²) in [5.74, 6) is -1.56. The largest absolute Gasteiger partial charge is 0.353 e. The number of rotatable bonds is 6. The lowest BCUT2D eigenvalue weighted by Gasteiger charge is -2.18. The summed E-state index contributed by atoms with van der Waals surface area (Å²) in [6.45, 7) is 5.81. The molecule has 134 valence electrons. The van der Waals surface area contributed by atoms with Crippen LogP contribution in [0.15, 0.2) is 35.8 Å². The van der Waals surface area contributed by atoms with Crippen molar-refractivity contribution in [2.45, 2.75) is 13.0 Å². The topological polar surface area (TPSA) is 56.7 Å². The summed E-state index contributed by atoms with van der Waals surface area (Å²) < 4.78 is 26.3. The van der Waals surface area contributed by atoms with Gasteiger partial charge in [-0.05, 0) is 24.6 Å². The molecule has 0 aliphatic rings. The Morgan fingerprint density at radius 2 is 2.04 bits per heavy atom. The van der Waals surface area contributed by atoms with Crippen molar-refractivity contribution in [3.8, 4) is 0 Å². The van der Waals surface area contributed by atoms with Gasteiger partial charge in [-0.2, -0.15) is 0 Å². The molecule has 24 heavy (non-hydrogen) atoms. The van der Waals surface area contributed by atoms with Gasteiger partial charge in [-0.1, -0.05) is 12.1 Å². The molecule has 1 atom stereocenters. The highest BCUT2D eigenvalue weighted by molar-refractivity contribution is 14.0. The van der Waals surface area contributed by atoms with Crippen LogP contribution in [0.25, 0.3) is 0 Å². The first-order valence-electron chi connectivity index (χ1n) is 7.16. The second kappa shape index (κ2) is 11.0. The molecule has 1 unspecified atom stereocenters. The molecule has 1 aromatic carbocycles. The highest BCUT2D eigenvalue weighted by Crippen LogP contribution is 2.15. The average Bonchev–Trinajstić information content (AvgIpc) is 2.51. The second-order valence-electron chi connectivity index (χ2n) is 5.16. The van der Waals surface area contributed by atoms with E-state index in [1.807, 2.05) is 0 Å². The number of likely N-dealkylation sites (N-methyl/N-ethyl adjacent to an activating group) is 1. The van der Waals surface area contributed by atoms with Crippen molar-refractivity contribution in [2.75, 3.05) is 27.2 Å². The maximum atomic E-state index is 13.3. The zero-order valence-electron chi connectivity index (χ0n) is 14.0. The smallest absolute Gasteiger partial charge is 0.243 e. The van der Waals surface area contributed by atoms with Gasteiger partial charge in [0.15, 0.2) is 17.6 Å². The van der Waals surface area contributed by atoms with E-state index < -0.39 is 11.6 Å². The van der Waals surface area contributed by atoms with E-state index in [4.69, 9.17) is 0 Å². The molecule has 5 nitrogen and oxygen atoms in total. The van der Waals surface area contributed by atoms with Crippen molar-refractivity contribution in [1.82, 2.24) is 15.5 Å². The van der Waals surface area contributed by atoms with Crippen molar-refractivity contribution < 1.29 is 13.6 Å². The standard InChI is InChI=1S/C16H22F2N4O.HI/c1-5-8-19-16(20-10-15(23)22(3)4)21-11(2)12-6-7-13(17)14(18)9-12;/h5-7,9,11H,1,8,10H2,2-4H3,(H2,19,20,21);1H. The zero-order valence-corrected chi connectivity index (χ0v) is 16.3. The van der Waals surface area contributed by atoms with Gasteiger partial charge < -0.3 is 15.5 Å². The Bertz CT molecular complexity index is 593. The molecule has 0 aliphatic heterocycles. The van der Waals surface area contributed by atoms with Crippen molar-refractivity contribution in [2.24, 2.45) is 4.99 Å². The van der Waals surface area contributed by atoms with Crippen LogP contribution in [0.4, 0.5) is 8.78 Å². The number of benzene rings is 1. The lowest BCUT2D eigenvalue weighted by Crippen LogP contribution is -2.40. The van der Waals surface area contributed by atoms with Crippen LogP contribution in [0.3, 0.4) is 0 Å². The predicted octanol–water partition coefficient (Wildman–Crippen LogP) is 2.45. The molecule has 1 amide bonds. The number of hydrogen-bond donors (Lipinski definition) is 2. The Kier molecular flexibility index (Phi) is 10.2. The van der Waals surface area contributed by atoms with Crippen LogP contribution >= 0.6 is 24.0 Å². The molecule has 0 spiro atoms. The molecule has 0 radical (unpaired) electrons. The molecular weight excluding hydrogens is 429 g/mol. The van der Waals surface area contributed by atoms with E-state index in [0.29, 0.717) is 18.1 Å². The van der Waals surface area contributed by atoms with E-state index in [-0.39, 0.29) is 42.5 Å². The van der Waals surface area contributed by atoms with Gasteiger partial charge in [0.1, 0.15) is 6.54 Å². The summed E-state index contributed by atoms with van der Waals surface area (Å²) in [7, 11) is 3.29. The normalized spacial score (nSPS) is 12.0. The second-order valence-corrected chi connectivity index (χ2v) is 5.16. The Hall–Kier alpha value is -1.71. The van der Waals surface area contributed by atoms with Gasteiger partial charge >= 0.3 is 0 Å². The van der Waals surface area contributed by atoms with Gasteiger partial charge in [0.25, 0.3) is 0 Å². The van der Waals surface area contributed by atoms with Crippen LogP contribution in [0.2, 0.25) is 0 Å². The average molecular weight is 452 g/mol. The molecule has 0 saturated heterocycles. The Labute approximate surface area is 158 Å². The molecule has 0 heterocycles. The molecule has 0 fully saturated rings. The number of carbonyl (C=O) groups excluding carboxylic acids is 1. The molecule has 0 aromatic heterocycles. The van der Waals surface area contributed by atoms with Gasteiger partial charge in [-0.3, -0.25) is 4.79 Å². The minimum absolute atomic E-state index is 0. The highest BCUT2D eigenvalue weighted by Gasteiger charge is 2.11. The number of nitrogens with one attached hydrogen (secondary N) is 2. The van der Waals surface area contributed by atoms with Crippen LogP contribution in [0.1, 0.15) is 18.5 Å². The Morgan fingerprint density at radius 3 is 2.58 bits per heavy atom. The molecule has 0 bridgehead atoms. The van der Waals surface area contributed by atoms with Crippen LogP contribution in [0, 0.1) is 11.6 Å². The van der Waals surface area contributed by atoms with E-state index in [1.165, 1.54) is 11.0 Å². The first kappa shape index (κ1) is 22.3. The lowest BCUT2D eigenvalue weighted by molar-refractivity contribution is -0.127. The fourth-order valence-electron chi connectivity index (χ4n) is 1.68. The van der Waals surface area contributed by atoms with E-state index in [0.717, 1.165) is 12.1 Å². The summed E-state index contributed by atoms with van der Waals surface area (Å²) in [4.78, 5) is 17.2. The third-order valence-corrected chi connectivity index (χ3v) is 3.08. The zero-order chi connectivity index (χ0) is 17.4. The van der Waals surface area contributed by atoms with Crippen molar-refractivity contribution >= 4 is 35.8 Å². The number of halogens is 3. The summed E-state index contributed by atoms with van der Waals surface area (Å²) in [5.41, 5.74) is 0.566. The number of nitrogens with zero attached hydrogens (tertiary/aromatic N) is 2. The Morgan fingerprint density at radius 1 is 1.38 bits per heavy atom. The van der Waals surface area contributed by atoms with Crippen LogP contribution in [-0.2, 0) is 4.79 Å². The first-order valence-corrected chi connectivity index (χ1v) is 7.16. The molecule has 1 rings (SSSR count). The van der Waals surface area contributed by atoms with Crippen molar-refractivity contribution in [3.63, 3.8) is 0 Å². The number of hydrogen-bond acceptors (Lipinski definition) is 2. The molecular formula is C16H23F2IN4O. The van der Waals surface area contributed by atoms with Gasteiger partial charge in [-0.25, -0.2) is 13.8 Å². The van der Waals surface area contributed by atoms with E-state index in [2.05, 4.69) is 22.2 Å². The van der Waals surface area contributed by atoms with E-state index in [1.54, 1.807) is 27.1 Å². The highest BCUT2D eigenvalue weighted by atomic mass is 127. The van der Waals surface area contributed by atoms with Gasteiger partial charge in [0.05, 0.1) is 6.04 Å². The first-order chi connectivity index (χ1) is 10.8. The third kappa shape index (κ3) is 7.24. The summed E-state index contributed by atoms with van der Waals surface area (Å²) >= 11 is 0. The molecule has 0 aliphatic carbocycles. The molecule has 1 aromatic rings. The number of guanidine groups is 1. The monoisotopic (exact) mass is 452 g/mol. The Balaban J connectivity index is 0.00000529. The lowest BCUT2D eigenvalue weighted by atomic mass is 10.1. The van der Waals surface area contributed by atoms with Crippen LogP contribution in [0.5, 0.6) is 0 Å². The van der Waals surface area contributed by atoms with Gasteiger partial charge in [0.2, 0.25) is 5.91 Å². The minimum Gasteiger partial charge on any atom is -0.353 e.